The van der Waals surface area contributed by atoms with Gasteiger partial charge in [-0.15, -0.1) is 24.8 Å². The summed E-state index contributed by atoms with van der Waals surface area (Å²) in [5.74, 6) is 0.0644. The second-order valence-electron chi connectivity index (χ2n) is 6.71. The Balaban J connectivity index is 0.00000156. The van der Waals surface area contributed by atoms with Crippen molar-refractivity contribution < 1.29 is 9.90 Å². The number of aliphatic hydroxyl groups excluding tert-OH is 1. The predicted molar refractivity (Wildman–Crippen MR) is 102 cm³/mol. The first-order valence-electron chi connectivity index (χ1n) is 8.47. The Hall–Kier alpha value is -0.920. The van der Waals surface area contributed by atoms with Crippen LogP contribution >= 0.6 is 24.8 Å². The van der Waals surface area contributed by atoms with Crippen LogP contribution in [-0.4, -0.2) is 64.1 Å². The number of aromatic nitrogens is 1. The van der Waals surface area contributed by atoms with E-state index in [9.17, 15) is 9.90 Å². The summed E-state index contributed by atoms with van der Waals surface area (Å²) >= 11 is 0. The van der Waals surface area contributed by atoms with Crippen LogP contribution in [0.1, 0.15) is 24.8 Å². The van der Waals surface area contributed by atoms with E-state index < -0.39 is 6.10 Å². The maximum absolute atomic E-state index is 12.6. The van der Waals surface area contributed by atoms with E-state index in [0.717, 1.165) is 39.1 Å². The first kappa shape index (κ1) is 22.1. The quantitative estimate of drug-likeness (QED) is 0.805. The fourth-order valence-corrected chi connectivity index (χ4v) is 3.60. The van der Waals surface area contributed by atoms with Gasteiger partial charge in [0, 0.05) is 57.1 Å². The summed E-state index contributed by atoms with van der Waals surface area (Å²) < 4.78 is 0. The number of carbonyl (C=O) groups excluding carboxylic acids is 1. The largest absolute Gasteiger partial charge is 0.391 e. The lowest BCUT2D eigenvalue weighted by molar-refractivity contribution is -0.135. The van der Waals surface area contributed by atoms with Crippen LogP contribution in [0.2, 0.25) is 0 Å². The molecule has 0 aromatic carbocycles. The van der Waals surface area contributed by atoms with Crippen molar-refractivity contribution in [2.45, 2.75) is 38.0 Å². The van der Waals surface area contributed by atoms with Crippen molar-refractivity contribution >= 4 is 30.7 Å². The molecule has 25 heavy (non-hydrogen) atoms. The van der Waals surface area contributed by atoms with Crippen LogP contribution in [0, 0.1) is 5.92 Å². The Morgan fingerprint density at radius 1 is 1.16 bits per heavy atom. The van der Waals surface area contributed by atoms with Gasteiger partial charge in [0.1, 0.15) is 0 Å². The molecule has 0 radical (unpaired) electrons. The third-order valence-electron chi connectivity index (χ3n) is 4.98. The Bertz CT molecular complexity index is 525. The van der Waals surface area contributed by atoms with Crippen LogP contribution in [-0.2, 0) is 11.3 Å². The molecule has 0 unspecified atom stereocenters. The van der Waals surface area contributed by atoms with Gasteiger partial charge in [0.05, 0.1) is 6.10 Å². The number of carbonyl (C=O) groups is 1. The smallest absolute Gasteiger partial charge is 0.225 e. The Morgan fingerprint density at radius 2 is 1.88 bits per heavy atom. The SMILES string of the molecule is Cl.Cl.N[C@H]1C[C@H](C(=O)N2CCCN(Cc3ccncc3)CC2)C[C@@H]1O. The summed E-state index contributed by atoms with van der Waals surface area (Å²) in [6.07, 6.45) is 5.21. The van der Waals surface area contributed by atoms with Crippen molar-refractivity contribution in [2.75, 3.05) is 26.2 Å². The molecular formula is C17H28Cl2N4O2. The van der Waals surface area contributed by atoms with Crippen molar-refractivity contribution in [2.24, 2.45) is 11.7 Å². The lowest BCUT2D eigenvalue weighted by Crippen LogP contribution is -2.38. The van der Waals surface area contributed by atoms with Gasteiger partial charge in [-0.3, -0.25) is 14.7 Å². The highest BCUT2D eigenvalue weighted by Crippen LogP contribution is 2.27. The van der Waals surface area contributed by atoms with E-state index in [1.165, 1.54) is 5.56 Å². The highest BCUT2D eigenvalue weighted by atomic mass is 35.5. The molecule has 6 nitrogen and oxygen atoms in total. The summed E-state index contributed by atoms with van der Waals surface area (Å²) in [7, 11) is 0. The summed E-state index contributed by atoms with van der Waals surface area (Å²) in [6, 6.07) is 3.82. The normalized spacial score (nSPS) is 27.1. The van der Waals surface area contributed by atoms with Crippen LogP contribution in [0.3, 0.4) is 0 Å². The second kappa shape index (κ2) is 10.3. The van der Waals surface area contributed by atoms with Gasteiger partial charge in [0.2, 0.25) is 5.91 Å². The molecular weight excluding hydrogens is 363 g/mol. The maximum Gasteiger partial charge on any atom is 0.225 e. The number of nitrogens with zero attached hydrogens (tertiary/aromatic N) is 3. The van der Waals surface area contributed by atoms with Crippen molar-refractivity contribution in [3.05, 3.63) is 30.1 Å². The minimum absolute atomic E-state index is 0. The Morgan fingerprint density at radius 3 is 2.52 bits per heavy atom. The second-order valence-corrected chi connectivity index (χ2v) is 6.71. The topological polar surface area (TPSA) is 82.7 Å². The van der Waals surface area contributed by atoms with Gasteiger partial charge in [-0.1, -0.05) is 0 Å². The first-order valence-corrected chi connectivity index (χ1v) is 8.47. The Labute approximate surface area is 161 Å². The van der Waals surface area contributed by atoms with Gasteiger partial charge >= 0.3 is 0 Å². The maximum atomic E-state index is 12.6. The van der Waals surface area contributed by atoms with Crippen LogP contribution in [0.25, 0.3) is 0 Å². The summed E-state index contributed by atoms with van der Waals surface area (Å²) in [4.78, 5) is 21.0. The van der Waals surface area contributed by atoms with E-state index in [2.05, 4.69) is 9.88 Å². The molecule has 3 atom stereocenters. The van der Waals surface area contributed by atoms with Crippen molar-refractivity contribution in [1.82, 2.24) is 14.8 Å². The average Bonchev–Trinajstić information content (AvgIpc) is 2.76. The van der Waals surface area contributed by atoms with E-state index in [0.29, 0.717) is 12.8 Å². The fourth-order valence-electron chi connectivity index (χ4n) is 3.60. The minimum Gasteiger partial charge on any atom is -0.391 e. The lowest BCUT2D eigenvalue weighted by Gasteiger charge is -2.24. The van der Waals surface area contributed by atoms with Crippen molar-refractivity contribution in [3.8, 4) is 0 Å². The van der Waals surface area contributed by atoms with Crippen LogP contribution in [0.15, 0.2) is 24.5 Å². The molecule has 1 saturated carbocycles. The van der Waals surface area contributed by atoms with Gasteiger partial charge in [0.15, 0.2) is 0 Å². The molecule has 1 saturated heterocycles. The molecule has 8 heteroatoms. The molecule has 1 aromatic heterocycles. The third-order valence-corrected chi connectivity index (χ3v) is 4.98. The highest BCUT2D eigenvalue weighted by molar-refractivity contribution is 5.85. The first-order chi connectivity index (χ1) is 11.1. The van der Waals surface area contributed by atoms with Gasteiger partial charge in [-0.05, 0) is 37.0 Å². The fraction of sp³-hybridized carbons (Fsp3) is 0.647. The van der Waals surface area contributed by atoms with Crippen LogP contribution in [0.4, 0.5) is 0 Å². The number of amides is 1. The molecule has 3 rings (SSSR count). The van der Waals surface area contributed by atoms with Crippen molar-refractivity contribution in [3.63, 3.8) is 0 Å². The summed E-state index contributed by atoms with van der Waals surface area (Å²) in [5, 5.41) is 9.77. The molecule has 2 aliphatic rings. The molecule has 1 aromatic rings. The molecule has 0 spiro atoms. The van der Waals surface area contributed by atoms with E-state index in [1.54, 1.807) is 0 Å². The van der Waals surface area contributed by atoms with Gasteiger partial charge < -0.3 is 15.7 Å². The molecule has 2 heterocycles. The zero-order chi connectivity index (χ0) is 16.2. The predicted octanol–water partition coefficient (Wildman–Crippen LogP) is 1.06. The molecule has 1 amide bonds. The van der Waals surface area contributed by atoms with E-state index >= 15 is 0 Å². The summed E-state index contributed by atoms with van der Waals surface area (Å²) in [6.45, 7) is 4.34. The van der Waals surface area contributed by atoms with Gasteiger partial charge in [-0.25, -0.2) is 0 Å². The molecule has 1 aliphatic heterocycles. The zero-order valence-corrected chi connectivity index (χ0v) is 15.9. The molecule has 2 fully saturated rings. The van der Waals surface area contributed by atoms with Crippen LogP contribution in [0.5, 0.6) is 0 Å². The molecule has 3 N–H and O–H groups in total. The average molecular weight is 391 g/mol. The van der Waals surface area contributed by atoms with Gasteiger partial charge in [0.25, 0.3) is 0 Å². The number of hydrogen-bond donors (Lipinski definition) is 2. The van der Waals surface area contributed by atoms with Gasteiger partial charge in [-0.2, -0.15) is 0 Å². The monoisotopic (exact) mass is 390 g/mol. The molecule has 1 aliphatic carbocycles. The number of rotatable bonds is 3. The van der Waals surface area contributed by atoms with E-state index in [1.807, 2.05) is 29.4 Å². The number of hydrogen-bond acceptors (Lipinski definition) is 5. The van der Waals surface area contributed by atoms with E-state index in [4.69, 9.17) is 5.73 Å². The minimum atomic E-state index is -0.529. The third kappa shape index (κ3) is 5.79. The standard InChI is InChI=1S/C17H26N4O2.2ClH/c18-15-10-14(11-16(15)22)17(23)21-7-1-6-20(8-9-21)12-13-2-4-19-5-3-13;;/h2-5,14-16,22H,1,6-12,18H2;2*1H/t14-,15-,16-;;/m0../s1. The number of nitrogens with two attached hydrogens (primary N) is 1. The number of pyridine rings is 1. The zero-order valence-electron chi connectivity index (χ0n) is 14.3. The number of halogens is 2. The Kier molecular flexibility index (Phi) is 9.10. The summed E-state index contributed by atoms with van der Waals surface area (Å²) in [5.41, 5.74) is 7.10. The van der Waals surface area contributed by atoms with E-state index in [-0.39, 0.29) is 42.7 Å². The molecule has 142 valence electrons. The molecule has 0 bridgehead atoms. The highest BCUT2D eigenvalue weighted by Gasteiger charge is 2.37. The van der Waals surface area contributed by atoms with Crippen molar-refractivity contribution in [1.29, 1.82) is 0 Å². The number of aliphatic hydroxyl groups is 1. The van der Waals surface area contributed by atoms with Crippen LogP contribution < -0.4 is 5.73 Å². The lowest BCUT2D eigenvalue weighted by atomic mass is 10.1.